The van der Waals surface area contributed by atoms with E-state index < -0.39 is 0 Å². The van der Waals surface area contributed by atoms with Crippen molar-refractivity contribution in [2.45, 2.75) is 34.2 Å². The molecule has 2 nitrogen and oxygen atoms in total. The molecule has 0 unspecified atom stereocenters. The van der Waals surface area contributed by atoms with Crippen molar-refractivity contribution in [1.82, 2.24) is 10.3 Å². The lowest BCUT2D eigenvalue weighted by atomic mass is 9.81. The van der Waals surface area contributed by atoms with Crippen molar-refractivity contribution in [2.24, 2.45) is 11.3 Å². The smallest absolute Gasteiger partial charge is 0.0346 e. The Bertz CT molecular complexity index is 538. The van der Waals surface area contributed by atoms with Gasteiger partial charge >= 0.3 is 0 Å². The largest absolute Gasteiger partial charge is 0.312 e. The molecule has 2 rings (SSSR count). The van der Waals surface area contributed by atoms with E-state index in [1.54, 1.807) is 0 Å². The number of fused-ring (bicyclic) bond motifs is 1. The van der Waals surface area contributed by atoms with E-state index in [9.17, 15) is 0 Å². The van der Waals surface area contributed by atoms with Gasteiger partial charge in [0.2, 0.25) is 0 Å². The van der Waals surface area contributed by atoms with Crippen LogP contribution < -0.4 is 5.32 Å². The summed E-state index contributed by atoms with van der Waals surface area (Å²) in [7, 11) is 0. The molecular formula is C17H24N2. The Morgan fingerprint density at radius 3 is 2.63 bits per heavy atom. The van der Waals surface area contributed by atoms with Crippen LogP contribution in [0.5, 0.6) is 0 Å². The molecule has 1 heterocycles. The summed E-state index contributed by atoms with van der Waals surface area (Å²) in [6.07, 6.45) is 3.90. The van der Waals surface area contributed by atoms with Crippen molar-refractivity contribution in [2.75, 3.05) is 6.54 Å². The van der Waals surface area contributed by atoms with Crippen molar-refractivity contribution in [3.63, 3.8) is 0 Å². The number of hydrogen-bond donors (Lipinski definition) is 1. The summed E-state index contributed by atoms with van der Waals surface area (Å²) in [4.78, 5) is 4.32. The van der Waals surface area contributed by atoms with Crippen molar-refractivity contribution in [3.05, 3.63) is 42.2 Å². The Morgan fingerprint density at radius 2 is 1.89 bits per heavy atom. The molecule has 0 saturated carbocycles. The van der Waals surface area contributed by atoms with E-state index in [1.807, 2.05) is 12.4 Å². The van der Waals surface area contributed by atoms with Crippen LogP contribution >= 0.6 is 0 Å². The molecule has 0 atom stereocenters. The van der Waals surface area contributed by atoms with Gasteiger partial charge in [0.15, 0.2) is 0 Å². The predicted octanol–water partition coefficient (Wildman–Crippen LogP) is 4.01. The van der Waals surface area contributed by atoms with E-state index in [4.69, 9.17) is 0 Å². The molecule has 0 radical (unpaired) electrons. The molecular weight excluding hydrogens is 232 g/mol. The summed E-state index contributed by atoms with van der Waals surface area (Å²) in [6, 6.07) is 8.43. The van der Waals surface area contributed by atoms with Gasteiger partial charge in [0.1, 0.15) is 0 Å². The molecule has 19 heavy (non-hydrogen) atoms. The third kappa shape index (κ3) is 3.32. The third-order valence-electron chi connectivity index (χ3n) is 4.21. The normalized spacial score (nSPS) is 12.3. The molecule has 0 aliphatic heterocycles. The zero-order valence-electron chi connectivity index (χ0n) is 12.4. The molecule has 1 N–H and O–H groups in total. The van der Waals surface area contributed by atoms with Gasteiger partial charge in [0.25, 0.3) is 0 Å². The highest BCUT2D eigenvalue weighted by Crippen LogP contribution is 2.25. The Hall–Kier alpha value is -1.41. The average molecular weight is 256 g/mol. The molecule has 1 aromatic carbocycles. The molecule has 2 heteroatoms. The molecule has 2 aromatic rings. The number of benzene rings is 1. The maximum absolute atomic E-state index is 4.32. The van der Waals surface area contributed by atoms with Crippen LogP contribution in [0.4, 0.5) is 0 Å². The lowest BCUT2D eigenvalue weighted by Crippen LogP contribution is -2.33. The van der Waals surface area contributed by atoms with Gasteiger partial charge in [-0.1, -0.05) is 52.0 Å². The standard InChI is InChI=1S/C17H24N2/c1-13(2)17(3,4)12-19-11-15-10-18-9-14-7-5-6-8-16(14)15/h5-10,13,19H,11-12H2,1-4H3. The van der Waals surface area contributed by atoms with Gasteiger partial charge in [-0.15, -0.1) is 0 Å². The number of pyridine rings is 1. The van der Waals surface area contributed by atoms with Crippen LogP contribution in [0.1, 0.15) is 33.3 Å². The summed E-state index contributed by atoms with van der Waals surface area (Å²) in [5, 5.41) is 6.09. The molecule has 102 valence electrons. The first kappa shape index (κ1) is 14.0. The summed E-state index contributed by atoms with van der Waals surface area (Å²) < 4.78 is 0. The van der Waals surface area contributed by atoms with Gasteiger partial charge in [-0.25, -0.2) is 0 Å². The van der Waals surface area contributed by atoms with Gasteiger partial charge in [0, 0.05) is 30.9 Å². The Kier molecular flexibility index (Phi) is 4.20. The molecule has 0 fully saturated rings. The van der Waals surface area contributed by atoms with Crippen LogP contribution in [-0.4, -0.2) is 11.5 Å². The quantitative estimate of drug-likeness (QED) is 0.874. The fourth-order valence-electron chi connectivity index (χ4n) is 2.04. The van der Waals surface area contributed by atoms with Crippen LogP contribution in [0.15, 0.2) is 36.7 Å². The monoisotopic (exact) mass is 256 g/mol. The number of hydrogen-bond acceptors (Lipinski definition) is 2. The van der Waals surface area contributed by atoms with E-state index >= 15 is 0 Å². The minimum atomic E-state index is 0.317. The van der Waals surface area contributed by atoms with Crippen molar-refractivity contribution in [1.29, 1.82) is 0 Å². The van der Waals surface area contributed by atoms with Crippen LogP contribution in [0.3, 0.4) is 0 Å². The van der Waals surface area contributed by atoms with Crippen molar-refractivity contribution < 1.29 is 0 Å². The Balaban J connectivity index is 2.07. The summed E-state index contributed by atoms with van der Waals surface area (Å²) in [6.45, 7) is 11.1. The average Bonchev–Trinajstić information content (AvgIpc) is 2.38. The zero-order valence-corrected chi connectivity index (χ0v) is 12.4. The number of nitrogens with one attached hydrogen (secondary N) is 1. The molecule has 0 bridgehead atoms. The van der Waals surface area contributed by atoms with Gasteiger partial charge < -0.3 is 5.32 Å². The fourth-order valence-corrected chi connectivity index (χ4v) is 2.04. The van der Waals surface area contributed by atoms with E-state index in [0.717, 1.165) is 13.1 Å². The van der Waals surface area contributed by atoms with Crippen molar-refractivity contribution >= 4 is 10.8 Å². The number of rotatable bonds is 5. The molecule has 0 saturated heterocycles. The molecule has 0 amide bonds. The number of aromatic nitrogens is 1. The lowest BCUT2D eigenvalue weighted by molar-refractivity contribution is 0.238. The molecule has 1 aromatic heterocycles. The van der Waals surface area contributed by atoms with Crippen LogP contribution in [0.25, 0.3) is 10.8 Å². The second kappa shape index (κ2) is 5.70. The maximum atomic E-state index is 4.32. The summed E-state index contributed by atoms with van der Waals surface area (Å²) >= 11 is 0. The minimum Gasteiger partial charge on any atom is -0.312 e. The van der Waals surface area contributed by atoms with E-state index in [2.05, 4.69) is 62.3 Å². The molecule has 0 aliphatic rings. The zero-order chi connectivity index (χ0) is 13.9. The first-order valence-electron chi connectivity index (χ1n) is 7.03. The van der Waals surface area contributed by atoms with Crippen LogP contribution in [0.2, 0.25) is 0 Å². The Labute approximate surface area is 116 Å². The highest BCUT2D eigenvalue weighted by molar-refractivity contribution is 5.84. The van der Waals surface area contributed by atoms with Gasteiger partial charge in [-0.05, 0) is 22.3 Å². The van der Waals surface area contributed by atoms with Gasteiger partial charge in [-0.2, -0.15) is 0 Å². The fraction of sp³-hybridized carbons (Fsp3) is 0.471. The minimum absolute atomic E-state index is 0.317. The topological polar surface area (TPSA) is 24.9 Å². The first-order valence-corrected chi connectivity index (χ1v) is 7.03. The van der Waals surface area contributed by atoms with Gasteiger partial charge in [0.05, 0.1) is 0 Å². The SMILES string of the molecule is CC(C)C(C)(C)CNCc1cncc2ccccc12. The van der Waals surface area contributed by atoms with Crippen LogP contribution in [-0.2, 0) is 6.54 Å². The molecule has 0 spiro atoms. The third-order valence-corrected chi connectivity index (χ3v) is 4.21. The van der Waals surface area contributed by atoms with Gasteiger partial charge in [-0.3, -0.25) is 4.98 Å². The second-order valence-electron chi connectivity index (χ2n) is 6.27. The van der Waals surface area contributed by atoms with Crippen LogP contribution in [0, 0.1) is 11.3 Å². The van der Waals surface area contributed by atoms with E-state index in [-0.39, 0.29) is 0 Å². The Morgan fingerprint density at radius 1 is 1.16 bits per heavy atom. The van der Waals surface area contributed by atoms with E-state index in [0.29, 0.717) is 11.3 Å². The highest BCUT2D eigenvalue weighted by Gasteiger charge is 2.21. The lowest BCUT2D eigenvalue weighted by Gasteiger charge is -2.29. The molecule has 0 aliphatic carbocycles. The first-order chi connectivity index (χ1) is 9.00. The summed E-state index contributed by atoms with van der Waals surface area (Å²) in [5.41, 5.74) is 1.59. The van der Waals surface area contributed by atoms with E-state index in [1.165, 1.54) is 16.3 Å². The maximum Gasteiger partial charge on any atom is 0.0346 e. The van der Waals surface area contributed by atoms with Crippen molar-refractivity contribution in [3.8, 4) is 0 Å². The number of nitrogens with zero attached hydrogens (tertiary/aromatic N) is 1. The summed E-state index contributed by atoms with van der Waals surface area (Å²) in [5.74, 6) is 0.672. The highest BCUT2D eigenvalue weighted by atomic mass is 14.9. The predicted molar refractivity (Wildman–Crippen MR) is 82.1 cm³/mol. The second-order valence-corrected chi connectivity index (χ2v) is 6.27.